The van der Waals surface area contributed by atoms with E-state index in [9.17, 15) is 4.79 Å². The molecule has 0 aliphatic heterocycles. The number of aryl methyl sites for hydroxylation is 2. The van der Waals surface area contributed by atoms with Crippen LogP contribution in [-0.4, -0.2) is 20.7 Å². The minimum Gasteiger partial charge on any atom is -0.324 e. The number of nitrogens with zero attached hydrogens (tertiary/aromatic N) is 3. The Morgan fingerprint density at radius 3 is 2.84 bits per heavy atom. The summed E-state index contributed by atoms with van der Waals surface area (Å²) in [7, 11) is 0. The fraction of sp³-hybridized carbons (Fsp3) is 0.263. The van der Waals surface area contributed by atoms with Gasteiger partial charge in [0.25, 0.3) is 0 Å². The van der Waals surface area contributed by atoms with Gasteiger partial charge >= 0.3 is 0 Å². The van der Waals surface area contributed by atoms with E-state index >= 15 is 0 Å². The number of carbonyl (C=O) groups excluding carboxylic acids is 1. The first kappa shape index (κ1) is 17.2. The lowest BCUT2D eigenvalue weighted by atomic mass is 10.1. The van der Waals surface area contributed by atoms with E-state index in [1.54, 1.807) is 36.6 Å². The molecule has 3 aromatic rings. The molecule has 3 rings (SSSR count). The zero-order valence-corrected chi connectivity index (χ0v) is 15.4. The average molecular weight is 352 g/mol. The zero-order valence-electron chi connectivity index (χ0n) is 14.5. The van der Waals surface area contributed by atoms with Gasteiger partial charge in [0, 0.05) is 17.4 Å². The molecule has 0 atom stereocenters. The van der Waals surface area contributed by atoms with Crippen LogP contribution >= 0.6 is 11.3 Å². The van der Waals surface area contributed by atoms with Crippen molar-refractivity contribution in [3.05, 3.63) is 52.8 Å². The van der Waals surface area contributed by atoms with Gasteiger partial charge in [-0.3, -0.25) is 4.79 Å². The predicted molar refractivity (Wildman–Crippen MR) is 102 cm³/mol. The van der Waals surface area contributed by atoms with Crippen LogP contribution in [0.1, 0.15) is 41.3 Å². The van der Waals surface area contributed by atoms with Crippen molar-refractivity contribution in [3.8, 4) is 10.6 Å². The molecule has 0 saturated heterocycles. The van der Waals surface area contributed by atoms with Gasteiger partial charge in [-0.2, -0.15) is 0 Å². The van der Waals surface area contributed by atoms with Crippen LogP contribution in [0.3, 0.4) is 0 Å². The fourth-order valence-electron chi connectivity index (χ4n) is 2.50. The van der Waals surface area contributed by atoms with Crippen molar-refractivity contribution in [1.82, 2.24) is 15.0 Å². The first-order chi connectivity index (χ1) is 12.1. The normalized spacial score (nSPS) is 10.7. The van der Waals surface area contributed by atoms with Crippen molar-refractivity contribution < 1.29 is 4.79 Å². The van der Waals surface area contributed by atoms with Crippen LogP contribution in [0.15, 0.2) is 36.5 Å². The Hall–Kier alpha value is -2.60. The SMILES string of the molecule is CCCc1nc(C)c(-c2ccnc(Nc3cccc(C(C)=O)c3)n2)s1. The van der Waals surface area contributed by atoms with Crippen LogP contribution in [0.25, 0.3) is 10.6 Å². The Morgan fingerprint density at radius 2 is 2.08 bits per heavy atom. The van der Waals surface area contributed by atoms with Crippen LogP contribution in [0.5, 0.6) is 0 Å². The van der Waals surface area contributed by atoms with E-state index < -0.39 is 0 Å². The number of thiazole rings is 1. The molecule has 5 nitrogen and oxygen atoms in total. The van der Waals surface area contributed by atoms with E-state index in [4.69, 9.17) is 0 Å². The molecule has 0 unspecified atom stereocenters. The van der Waals surface area contributed by atoms with Gasteiger partial charge in [-0.15, -0.1) is 11.3 Å². The predicted octanol–water partition coefficient (Wildman–Crippen LogP) is 4.81. The molecule has 0 saturated carbocycles. The summed E-state index contributed by atoms with van der Waals surface area (Å²) in [6.07, 6.45) is 3.80. The highest BCUT2D eigenvalue weighted by Crippen LogP contribution is 2.29. The molecule has 0 bridgehead atoms. The van der Waals surface area contributed by atoms with Crippen molar-refractivity contribution in [2.75, 3.05) is 5.32 Å². The molecule has 0 spiro atoms. The van der Waals surface area contributed by atoms with Crippen LogP contribution in [0.2, 0.25) is 0 Å². The lowest BCUT2D eigenvalue weighted by Gasteiger charge is -2.07. The van der Waals surface area contributed by atoms with Crippen LogP contribution in [-0.2, 0) is 6.42 Å². The van der Waals surface area contributed by atoms with Gasteiger partial charge in [-0.05, 0) is 44.9 Å². The summed E-state index contributed by atoms with van der Waals surface area (Å²) in [4.78, 5) is 26.1. The highest BCUT2D eigenvalue weighted by Gasteiger charge is 2.12. The van der Waals surface area contributed by atoms with Gasteiger partial charge in [0.2, 0.25) is 5.95 Å². The number of rotatable bonds is 6. The lowest BCUT2D eigenvalue weighted by Crippen LogP contribution is -1.99. The molecule has 2 heterocycles. The molecule has 1 aromatic carbocycles. The number of carbonyl (C=O) groups is 1. The number of anilines is 2. The summed E-state index contributed by atoms with van der Waals surface area (Å²) >= 11 is 1.68. The molecule has 0 amide bonds. The van der Waals surface area contributed by atoms with E-state index in [0.29, 0.717) is 11.5 Å². The van der Waals surface area contributed by atoms with Gasteiger partial charge in [-0.1, -0.05) is 19.1 Å². The first-order valence-corrected chi connectivity index (χ1v) is 9.06. The topological polar surface area (TPSA) is 67.8 Å². The fourth-order valence-corrected chi connectivity index (χ4v) is 3.64. The number of ketones is 1. The maximum Gasteiger partial charge on any atom is 0.227 e. The first-order valence-electron chi connectivity index (χ1n) is 8.24. The smallest absolute Gasteiger partial charge is 0.227 e. The summed E-state index contributed by atoms with van der Waals surface area (Å²) in [6, 6.07) is 9.22. The second kappa shape index (κ2) is 7.53. The van der Waals surface area contributed by atoms with Gasteiger partial charge in [0.15, 0.2) is 5.78 Å². The quantitative estimate of drug-likeness (QED) is 0.645. The molecule has 25 heavy (non-hydrogen) atoms. The standard InChI is InChI=1S/C19H20N4OS/c1-4-6-17-21-12(2)18(25-17)16-9-10-20-19(23-16)22-15-8-5-7-14(11-15)13(3)24/h5,7-11H,4,6H2,1-3H3,(H,20,22,23). The number of aromatic nitrogens is 3. The molecule has 2 aromatic heterocycles. The third kappa shape index (κ3) is 4.09. The van der Waals surface area contributed by atoms with Crippen molar-refractivity contribution in [2.24, 2.45) is 0 Å². The van der Waals surface area contributed by atoms with Gasteiger partial charge in [-0.25, -0.2) is 15.0 Å². The Labute approximate surface area is 151 Å². The van der Waals surface area contributed by atoms with Crippen molar-refractivity contribution >= 4 is 28.8 Å². The maximum atomic E-state index is 11.5. The maximum absolute atomic E-state index is 11.5. The Bertz CT molecular complexity index is 904. The molecule has 1 N–H and O–H groups in total. The van der Waals surface area contributed by atoms with E-state index in [1.165, 1.54) is 0 Å². The minimum absolute atomic E-state index is 0.0297. The molecule has 128 valence electrons. The molecule has 0 fully saturated rings. The zero-order chi connectivity index (χ0) is 17.8. The summed E-state index contributed by atoms with van der Waals surface area (Å²) in [5.41, 5.74) is 3.30. The third-order valence-electron chi connectivity index (χ3n) is 3.72. The van der Waals surface area contributed by atoms with E-state index in [0.717, 1.165) is 39.8 Å². The Morgan fingerprint density at radius 1 is 1.24 bits per heavy atom. The largest absolute Gasteiger partial charge is 0.324 e. The summed E-state index contributed by atoms with van der Waals surface area (Å²) in [5.74, 6) is 0.533. The lowest BCUT2D eigenvalue weighted by molar-refractivity contribution is 0.101. The second-order valence-corrected chi connectivity index (χ2v) is 6.88. The third-order valence-corrected chi connectivity index (χ3v) is 4.96. The number of hydrogen-bond acceptors (Lipinski definition) is 6. The van der Waals surface area contributed by atoms with Crippen LogP contribution < -0.4 is 5.32 Å². The second-order valence-electron chi connectivity index (χ2n) is 5.80. The monoisotopic (exact) mass is 352 g/mol. The van der Waals surface area contributed by atoms with E-state index in [2.05, 4.69) is 27.2 Å². The molecular weight excluding hydrogens is 332 g/mol. The number of hydrogen-bond donors (Lipinski definition) is 1. The van der Waals surface area contributed by atoms with Crippen molar-refractivity contribution in [3.63, 3.8) is 0 Å². The van der Waals surface area contributed by atoms with Gasteiger partial charge in [0.1, 0.15) is 0 Å². The molecule has 6 heteroatoms. The molecule has 0 radical (unpaired) electrons. The Kier molecular flexibility index (Phi) is 5.19. The van der Waals surface area contributed by atoms with Gasteiger partial charge < -0.3 is 5.32 Å². The average Bonchev–Trinajstić information content (AvgIpc) is 2.96. The van der Waals surface area contributed by atoms with E-state index in [-0.39, 0.29) is 5.78 Å². The summed E-state index contributed by atoms with van der Waals surface area (Å²) in [6.45, 7) is 5.71. The molecule has 0 aliphatic rings. The minimum atomic E-state index is 0.0297. The van der Waals surface area contributed by atoms with Crippen molar-refractivity contribution in [2.45, 2.75) is 33.6 Å². The van der Waals surface area contributed by atoms with Crippen molar-refractivity contribution in [1.29, 1.82) is 0 Å². The van der Waals surface area contributed by atoms with Gasteiger partial charge in [0.05, 0.1) is 21.3 Å². The Balaban J connectivity index is 1.87. The number of nitrogens with one attached hydrogen (secondary N) is 1. The van der Waals surface area contributed by atoms with Crippen LogP contribution in [0.4, 0.5) is 11.6 Å². The molecule has 0 aliphatic carbocycles. The van der Waals surface area contributed by atoms with E-state index in [1.807, 2.05) is 25.1 Å². The number of Topliss-reactive ketones (excluding diaryl/α,β-unsaturated/α-hetero) is 1. The summed E-state index contributed by atoms with van der Waals surface area (Å²) < 4.78 is 0. The molecular formula is C19H20N4OS. The highest BCUT2D eigenvalue weighted by atomic mass is 32.1. The summed E-state index contributed by atoms with van der Waals surface area (Å²) in [5, 5.41) is 4.31. The number of benzene rings is 1. The van der Waals surface area contributed by atoms with Crippen LogP contribution in [0, 0.1) is 6.92 Å². The highest BCUT2D eigenvalue weighted by molar-refractivity contribution is 7.15.